The molecule has 0 aromatic carbocycles. The van der Waals surface area contributed by atoms with Gasteiger partial charge in [0.2, 0.25) is 5.91 Å². The Morgan fingerprint density at radius 2 is 1.19 bits per heavy atom. The summed E-state index contributed by atoms with van der Waals surface area (Å²) in [5.41, 5.74) is 4.65. The van der Waals surface area contributed by atoms with Gasteiger partial charge >= 0.3 is 11.9 Å². The number of nitrogens with two attached hydrogens (primary N) is 1. The van der Waals surface area contributed by atoms with E-state index < -0.39 is 5.97 Å². The lowest BCUT2D eigenvalue weighted by Crippen LogP contribution is -2.06. The normalized spacial score (nSPS) is 15.7. The molecule has 2 rings (SSSR count). The summed E-state index contributed by atoms with van der Waals surface area (Å²) < 4.78 is 4.26. The van der Waals surface area contributed by atoms with Crippen molar-refractivity contribution in [2.45, 2.75) is 125 Å². The second-order valence-corrected chi connectivity index (χ2v) is 8.15. The molecule has 0 aromatic heterocycles. The number of rotatable bonds is 4. The zero-order chi connectivity index (χ0) is 24.5. The van der Waals surface area contributed by atoms with Crippen molar-refractivity contribution >= 4 is 17.8 Å². The highest BCUT2D eigenvalue weighted by Crippen LogP contribution is 2.25. The van der Waals surface area contributed by atoms with Crippen molar-refractivity contribution in [2.75, 3.05) is 7.11 Å². The number of ether oxygens (including phenoxy) is 1. The van der Waals surface area contributed by atoms with Gasteiger partial charge in [0, 0.05) is 19.3 Å². The van der Waals surface area contributed by atoms with Crippen molar-refractivity contribution < 1.29 is 24.2 Å². The first-order chi connectivity index (χ1) is 14.7. The zero-order valence-corrected chi connectivity index (χ0v) is 21.2. The van der Waals surface area contributed by atoms with Gasteiger partial charge in [-0.3, -0.25) is 14.4 Å². The van der Waals surface area contributed by atoms with Crippen molar-refractivity contribution in [3.63, 3.8) is 0 Å². The molecule has 0 atom stereocenters. The van der Waals surface area contributed by atoms with Crippen LogP contribution in [0.5, 0.6) is 0 Å². The van der Waals surface area contributed by atoms with E-state index in [0.717, 1.165) is 11.8 Å². The molecule has 1 amide bonds. The summed E-state index contributed by atoms with van der Waals surface area (Å²) in [7, 11) is 1.38. The van der Waals surface area contributed by atoms with Gasteiger partial charge < -0.3 is 15.6 Å². The molecule has 0 aliphatic heterocycles. The molecular weight excluding hydrogens is 394 g/mol. The first-order valence-corrected chi connectivity index (χ1v) is 12.2. The maximum atomic E-state index is 9.96. The minimum atomic E-state index is -0.745. The van der Waals surface area contributed by atoms with Crippen molar-refractivity contribution in [1.82, 2.24) is 0 Å². The lowest BCUT2D eigenvalue weighted by molar-refractivity contribution is -0.140. The standard InChI is InChI=1S/C8H16.C7H14.C4H8O2.C3H7NO.C3H6O2/c1-2-8-6-4-3-5-7-8;1-7-5-3-2-4-6-7;1-3-4(5)6-2;2*1-2-3(4)5/h8H,2-7H2,1H3;7H,2-6H2,1H3;3H2,1-2H3;2H2,1H3,(H2,4,5);2H2,1H3,(H,4,5). The molecule has 0 unspecified atom stereocenters. The van der Waals surface area contributed by atoms with Gasteiger partial charge in [-0.05, 0) is 11.8 Å². The van der Waals surface area contributed by atoms with Gasteiger partial charge in [-0.25, -0.2) is 0 Å². The molecule has 2 saturated carbocycles. The van der Waals surface area contributed by atoms with E-state index in [1.165, 1.54) is 77.7 Å². The molecule has 0 heterocycles. The monoisotopic (exact) mass is 445 g/mol. The molecule has 3 N–H and O–H groups in total. The van der Waals surface area contributed by atoms with Gasteiger partial charge in [-0.2, -0.15) is 0 Å². The highest BCUT2D eigenvalue weighted by atomic mass is 16.5. The molecule has 6 nitrogen and oxygen atoms in total. The van der Waals surface area contributed by atoms with E-state index in [4.69, 9.17) is 5.11 Å². The van der Waals surface area contributed by atoms with Crippen LogP contribution in [0.2, 0.25) is 0 Å². The maximum Gasteiger partial charge on any atom is 0.305 e. The molecular formula is C25H51NO5. The van der Waals surface area contributed by atoms with Crippen LogP contribution in [0.4, 0.5) is 0 Å². The van der Waals surface area contributed by atoms with E-state index in [0.29, 0.717) is 12.8 Å². The number of methoxy groups -OCH3 is 1. The average Bonchev–Trinajstić information content (AvgIpc) is 2.81. The van der Waals surface area contributed by atoms with Crippen LogP contribution in [0.1, 0.15) is 125 Å². The van der Waals surface area contributed by atoms with Gasteiger partial charge in [0.05, 0.1) is 7.11 Å². The fourth-order valence-electron chi connectivity index (χ4n) is 3.05. The molecule has 0 spiro atoms. The van der Waals surface area contributed by atoms with E-state index >= 15 is 0 Å². The molecule has 2 aliphatic rings. The number of hydrogen-bond acceptors (Lipinski definition) is 4. The topological polar surface area (TPSA) is 107 Å². The summed E-state index contributed by atoms with van der Waals surface area (Å²) >= 11 is 0. The molecule has 0 saturated heterocycles. The maximum absolute atomic E-state index is 9.96. The summed E-state index contributed by atoms with van der Waals surface area (Å²) in [6.07, 6.45) is 17.5. The number of carbonyl (C=O) groups is 3. The van der Waals surface area contributed by atoms with E-state index in [2.05, 4.69) is 24.3 Å². The number of carboxylic acids is 1. The van der Waals surface area contributed by atoms with E-state index in [1.807, 2.05) is 0 Å². The third-order valence-corrected chi connectivity index (χ3v) is 5.36. The van der Waals surface area contributed by atoms with Crippen LogP contribution in [0.25, 0.3) is 0 Å². The fraction of sp³-hybridized carbons (Fsp3) is 0.880. The van der Waals surface area contributed by atoms with Gasteiger partial charge in [0.25, 0.3) is 0 Å². The van der Waals surface area contributed by atoms with Gasteiger partial charge in [0.1, 0.15) is 0 Å². The number of hydrogen-bond donors (Lipinski definition) is 2. The zero-order valence-electron chi connectivity index (χ0n) is 21.2. The summed E-state index contributed by atoms with van der Waals surface area (Å²) in [4.78, 5) is 28.9. The Balaban J connectivity index is -0.000000321. The highest BCUT2D eigenvalue weighted by Gasteiger charge is 2.09. The quantitative estimate of drug-likeness (QED) is 0.481. The molecule has 2 fully saturated rings. The summed E-state index contributed by atoms with van der Waals surface area (Å²) in [5, 5.41) is 7.72. The Bertz CT molecular complexity index is 394. The van der Waals surface area contributed by atoms with E-state index in [-0.39, 0.29) is 18.3 Å². The van der Waals surface area contributed by atoms with Crippen molar-refractivity contribution in [3.05, 3.63) is 0 Å². The molecule has 0 aromatic rings. The van der Waals surface area contributed by atoms with Crippen LogP contribution >= 0.6 is 0 Å². The van der Waals surface area contributed by atoms with Crippen LogP contribution in [0.15, 0.2) is 0 Å². The Hall–Kier alpha value is -1.59. The number of aliphatic carboxylic acids is 1. The molecule has 6 heteroatoms. The first-order valence-electron chi connectivity index (χ1n) is 12.2. The predicted octanol–water partition coefficient (Wildman–Crippen LogP) is 6.50. The Kier molecular flexibility index (Phi) is 29.0. The summed E-state index contributed by atoms with van der Waals surface area (Å²) in [6, 6.07) is 0. The second kappa shape index (κ2) is 26.4. The van der Waals surface area contributed by atoms with Gasteiger partial charge in [-0.1, -0.05) is 105 Å². The van der Waals surface area contributed by atoms with Crippen molar-refractivity contribution in [1.29, 1.82) is 0 Å². The summed E-state index contributed by atoms with van der Waals surface area (Å²) in [5.74, 6) is 0.975. The summed E-state index contributed by atoms with van der Waals surface area (Å²) in [6.45, 7) is 9.76. The minimum Gasteiger partial charge on any atom is -0.481 e. The average molecular weight is 446 g/mol. The van der Waals surface area contributed by atoms with Gasteiger partial charge in [0.15, 0.2) is 0 Å². The molecule has 0 bridgehead atoms. The number of esters is 1. The first kappa shape index (κ1) is 34.0. The smallest absolute Gasteiger partial charge is 0.305 e. The third-order valence-electron chi connectivity index (χ3n) is 5.36. The van der Waals surface area contributed by atoms with Crippen LogP contribution in [0.3, 0.4) is 0 Å². The van der Waals surface area contributed by atoms with Crippen LogP contribution in [0, 0.1) is 11.8 Å². The largest absolute Gasteiger partial charge is 0.481 e. The van der Waals surface area contributed by atoms with Gasteiger partial charge in [-0.15, -0.1) is 0 Å². The van der Waals surface area contributed by atoms with Crippen LogP contribution < -0.4 is 5.73 Å². The Morgan fingerprint density at radius 3 is 1.32 bits per heavy atom. The predicted molar refractivity (Wildman–Crippen MR) is 129 cm³/mol. The molecule has 2 aliphatic carbocycles. The number of carboxylic acid groups (broad SMARTS) is 1. The lowest BCUT2D eigenvalue weighted by atomic mass is 9.88. The fourth-order valence-corrected chi connectivity index (χ4v) is 3.05. The molecule has 0 radical (unpaired) electrons. The van der Waals surface area contributed by atoms with Crippen LogP contribution in [-0.2, 0) is 19.1 Å². The Morgan fingerprint density at radius 1 is 0.806 bits per heavy atom. The van der Waals surface area contributed by atoms with E-state index in [1.54, 1.807) is 20.8 Å². The highest BCUT2D eigenvalue weighted by molar-refractivity contribution is 5.73. The minimum absolute atomic E-state index is 0.157. The number of primary amides is 1. The number of amides is 1. The van der Waals surface area contributed by atoms with E-state index in [9.17, 15) is 14.4 Å². The third kappa shape index (κ3) is 33.3. The second-order valence-electron chi connectivity index (χ2n) is 8.15. The van der Waals surface area contributed by atoms with Crippen molar-refractivity contribution in [2.24, 2.45) is 17.6 Å². The lowest BCUT2D eigenvalue weighted by Gasteiger charge is -2.18. The Labute approximate surface area is 191 Å². The SMILES string of the molecule is CC1CCCCC1.CCC(=O)O.CCC(=O)OC.CCC(N)=O.CCC1CCCCC1. The van der Waals surface area contributed by atoms with Crippen LogP contribution in [-0.4, -0.2) is 30.1 Å². The van der Waals surface area contributed by atoms with Crippen molar-refractivity contribution in [3.8, 4) is 0 Å². The molecule has 186 valence electrons. The number of carbonyl (C=O) groups excluding carboxylic acids is 2. The molecule has 31 heavy (non-hydrogen) atoms.